The van der Waals surface area contributed by atoms with Crippen LogP contribution in [0, 0.1) is 6.92 Å². The molecule has 2 heterocycles. The second-order valence-electron chi connectivity index (χ2n) is 6.65. The van der Waals surface area contributed by atoms with E-state index in [4.69, 9.17) is 4.74 Å². The lowest BCUT2D eigenvalue weighted by Gasteiger charge is -2.08. The van der Waals surface area contributed by atoms with E-state index in [-0.39, 0.29) is 12.1 Å². The minimum Gasteiger partial charge on any atom is -0.463 e. The van der Waals surface area contributed by atoms with Gasteiger partial charge in [0.05, 0.1) is 12.5 Å². The first-order valence-electron chi connectivity index (χ1n) is 7.84. The van der Waals surface area contributed by atoms with Crippen molar-refractivity contribution >= 4 is 16.9 Å². The molecule has 0 bridgehead atoms. The van der Waals surface area contributed by atoms with Gasteiger partial charge in [-0.1, -0.05) is 0 Å². The van der Waals surface area contributed by atoms with E-state index in [0.717, 1.165) is 24.3 Å². The molecule has 1 aliphatic rings. The summed E-state index contributed by atoms with van der Waals surface area (Å²) in [5, 5.41) is 1.19. The Labute approximate surface area is 131 Å². The average Bonchev–Trinajstić information content (AvgIpc) is 2.88. The van der Waals surface area contributed by atoms with E-state index >= 15 is 0 Å². The first kappa shape index (κ1) is 15.1. The van der Waals surface area contributed by atoms with Crippen molar-refractivity contribution in [2.75, 3.05) is 7.05 Å². The standard InChI is InChI=1S/C18H24N2O2/c1-11(2)22-18(21)8-15-12(3)20(5)17-7-14-10-19(4)9-13(14)6-16(15)17/h6-7,11H,8-10H2,1-5H3. The Balaban J connectivity index is 2.05. The minimum absolute atomic E-state index is 0.0688. The van der Waals surface area contributed by atoms with Crippen LogP contribution in [0.4, 0.5) is 0 Å². The van der Waals surface area contributed by atoms with Gasteiger partial charge in [0, 0.05) is 36.7 Å². The predicted octanol–water partition coefficient (Wildman–Crippen LogP) is 2.93. The van der Waals surface area contributed by atoms with Crippen LogP contribution in [-0.2, 0) is 36.1 Å². The van der Waals surface area contributed by atoms with Gasteiger partial charge < -0.3 is 9.30 Å². The molecule has 0 saturated heterocycles. The topological polar surface area (TPSA) is 34.5 Å². The highest BCUT2D eigenvalue weighted by atomic mass is 16.5. The first-order chi connectivity index (χ1) is 10.4. The van der Waals surface area contributed by atoms with Crippen LogP contribution >= 0.6 is 0 Å². The molecule has 0 atom stereocenters. The number of esters is 1. The van der Waals surface area contributed by atoms with E-state index in [1.54, 1.807) is 0 Å². The number of carbonyl (C=O) groups excluding carboxylic acids is 1. The Bertz CT molecular complexity index is 743. The Morgan fingerprint density at radius 1 is 1.23 bits per heavy atom. The fraction of sp³-hybridized carbons (Fsp3) is 0.500. The second kappa shape index (κ2) is 5.43. The number of aryl methyl sites for hydroxylation is 1. The van der Waals surface area contributed by atoms with Gasteiger partial charge in [-0.3, -0.25) is 9.69 Å². The number of hydrogen-bond acceptors (Lipinski definition) is 3. The van der Waals surface area contributed by atoms with Gasteiger partial charge in [-0.2, -0.15) is 0 Å². The molecule has 4 heteroatoms. The number of carbonyl (C=O) groups is 1. The Kier molecular flexibility index (Phi) is 3.73. The van der Waals surface area contributed by atoms with E-state index in [1.807, 2.05) is 13.8 Å². The summed E-state index contributed by atoms with van der Waals surface area (Å²) in [7, 11) is 4.21. The van der Waals surface area contributed by atoms with Crippen molar-refractivity contribution in [1.29, 1.82) is 0 Å². The number of hydrogen-bond donors (Lipinski definition) is 0. The van der Waals surface area contributed by atoms with Crippen LogP contribution in [0.5, 0.6) is 0 Å². The third-order valence-electron chi connectivity index (χ3n) is 4.51. The van der Waals surface area contributed by atoms with E-state index in [2.05, 4.69) is 42.6 Å². The van der Waals surface area contributed by atoms with Crippen molar-refractivity contribution < 1.29 is 9.53 Å². The quantitative estimate of drug-likeness (QED) is 0.817. The molecule has 2 aromatic rings. The maximum Gasteiger partial charge on any atom is 0.310 e. The van der Waals surface area contributed by atoms with Crippen LogP contribution in [0.3, 0.4) is 0 Å². The number of nitrogens with zero attached hydrogens (tertiary/aromatic N) is 2. The van der Waals surface area contributed by atoms with Gasteiger partial charge in [0.25, 0.3) is 0 Å². The highest BCUT2D eigenvalue weighted by molar-refractivity contribution is 5.90. The zero-order chi connectivity index (χ0) is 16.0. The lowest BCUT2D eigenvalue weighted by atomic mass is 10.0. The van der Waals surface area contributed by atoms with E-state index in [0.29, 0.717) is 6.42 Å². The zero-order valence-corrected chi connectivity index (χ0v) is 14.1. The fourth-order valence-corrected chi connectivity index (χ4v) is 3.38. The monoisotopic (exact) mass is 300 g/mol. The van der Waals surface area contributed by atoms with Gasteiger partial charge >= 0.3 is 5.97 Å². The van der Waals surface area contributed by atoms with Crippen LogP contribution in [0.25, 0.3) is 10.9 Å². The maximum absolute atomic E-state index is 12.1. The largest absolute Gasteiger partial charge is 0.463 e. The van der Waals surface area contributed by atoms with Crippen molar-refractivity contribution in [3.63, 3.8) is 0 Å². The molecule has 0 radical (unpaired) electrons. The van der Waals surface area contributed by atoms with Crippen LogP contribution in [0.1, 0.15) is 36.2 Å². The van der Waals surface area contributed by atoms with Crippen molar-refractivity contribution in [2.45, 2.75) is 46.4 Å². The van der Waals surface area contributed by atoms with E-state index < -0.39 is 0 Å². The van der Waals surface area contributed by atoms with Crippen molar-refractivity contribution in [1.82, 2.24) is 9.47 Å². The Morgan fingerprint density at radius 3 is 2.50 bits per heavy atom. The fourth-order valence-electron chi connectivity index (χ4n) is 3.38. The number of fused-ring (bicyclic) bond motifs is 2. The highest BCUT2D eigenvalue weighted by Crippen LogP contribution is 2.32. The molecule has 1 aromatic heterocycles. The summed E-state index contributed by atoms with van der Waals surface area (Å²) in [4.78, 5) is 14.4. The summed E-state index contributed by atoms with van der Waals surface area (Å²) < 4.78 is 7.51. The van der Waals surface area contributed by atoms with Gasteiger partial charge in [-0.15, -0.1) is 0 Å². The highest BCUT2D eigenvalue weighted by Gasteiger charge is 2.21. The van der Waals surface area contributed by atoms with Crippen molar-refractivity contribution in [2.24, 2.45) is 7.05 Å². The summed E-state index contributed by atoms with van der Waals surface area (Å²) in [5.41, 5.74) is 6.22. The molecular formula is C18H24N2O2. The SMILES string of the molecule is Cc1c(CC(=O)OC(C)C)c2cc3c(cc2n1C)CN(C)C3. The molecule has 0 unspecified atom stereocenters. The van der Waals surface area contributed by atoms with Crippen LogP contribution in [-0.4, -0.2) is 28.6 Å². The molecule has 0 fully saturated rings. The molecule has 0 saturated carbocycles. The summed E-state index contributed by atoms with van der Waals surface area (Å²) in [6, 6.07) is 4.54. The third-order valence-corrected chi connectivity index (χ3v) is 4.51. The molecule has 1 aliphatic heterocycles. The molecule has 0 amide bonds. The van der Waals surface area contributed by atoms with Crippen LogP contribution < -0.4 is 0 Å². The summed E-state index contributed by atoms with van der Waals surface area (Å²) in [5.74, 6) is -0.150. The summed E-state index contributed by atoms with van der Waals surface area (Å²) in [6.45, 7) is 7.83. The number of benzene rings is 1. The Hall–Kier alpha value is -1.81. The van der Waals surface area contributed by atoms with Crippen molar-refractivity contribution in [3.05, 3.63) is 34.5 Å². The normalized spacial score (nSPS) is 14.8. The molecular weight excluding hydrogens is 276 g/mol. The van der Waals surface area contributed by atoms with E-state index in [1.165, 1.54) is 22.0 Å². The number of aromatic nitrogens is 1. The number of rotatable bonds is 3. The summed E-state index contributed by atoms with van der Waals surface area (Å²) >= 11 is 0. The van der Waals surface area contributed by atoms with Crippen LogP contribution in [0.15, 0.2) is 12.1 Å². The second-order valence-corrected chi connectivity index (χ2v) is 6.65. The first-order valence-corrected chi connectivity index (χ1v) is 7.84. The summed E-state index contributed by atoms with van der Waals surface area (Å²) in [6.07, 6.45) is 0.274. The van der Waals surface area contributed by atoms with Gasteiger partial charge in [0.15, 0.2) is 0 Å². The zero-order valence-electron chi connectivity index (χ0n) is 14.1. The van der Waals surface area contributed by atoms with Gasteiger partial charge in [0.1, 0.15) is 0 Å². The number of ether oxygens (including phenoxy) is 1. The maximum atomic E-state index is 12.1. The molecule has 4 nitrogen and oxygen atoms in total. The molecule has 0 N–H and O–H groups in total. The molecule has 0 spiro atoms. The average molecular weight is 300 g/mol. The molecule has 1 aromatic carbocycles. The lowest BCUT2D eigenvalue weighted by molar-refractivity contribution is -0.146. The minimum atomic E-state index is -0.150. The molecule has 118 valence electrons. The van der Waals surface area contributed by atoms with Gasteiger partial charge in [-0.25, -0.2) is 0 Å². The molecule has 0 aliphatic carbocycles. The Morgan fingerprint density at radius 2 is 1.86 bits per heavy atom. The lowest BCUT2D eigenvalue weighted by Crippen LogP contribution is -2.14. The van der Waals surface area contributed by atoms with Crippen LogP contribution in [0.2, 0.25) is 0 Å². The molecule has 22 heavy (non-hydrogen) atoms. The predicted molar refractivity (Wildman–Crippen MR) is 87.8 cm³/mol. The van der Waals surface area contributed by atoms with Gasteiger partial charge in [-0.05, 0) is 56.6 Å². The van der Waals surface area contributed by atoms with Crippen molar-refractivity contribution in [3.8, 4) is 0 Å². The smallest absolute Gasteiger partial charge is 0.310 e. The van der Waals surface area contributed by atoms with E-state index in [9.17, 15) is 4.79 Å². The third kappa shape index (κ3) is 2.52. The molecule has 3 rings (SSSR count). The van der Waals surface area contributed by atoms with Gasteiger partial charge in [0.2, 0.25) is 0 Å².